The molecule has 1 aliphatic heterocycles. The van der Waals surface area contributed by atoms with E-state index in [1.54, 1.807) is 13.0 Å². The molecule has 1 aromatic carbocycles. The van der Waals surface area contributed by atoms with E-state index in [1.807, 2.05) is 12.1 Å². The summed E-state index contributed by atoms with van der Waals surface area (Å²) in [6.07, 6.45) is 5.78. The maximum absolute atomic E-state index is 13.4. The minimum atomic E-state index is -0.610. The Morgan fingerprint density at radius 2 is 2.10 bits per heavy atom. The summed E-state index contributed by atoms with van der Waals surface area (Å²) in [7, 11) is 0. The number of amides is 2. The lowest BCUT2D eigenvalue weighted by Crippen LogP contribution is -2.41. The van der Waals surface area contributed by atoms with E-state index < -0.39 is 6.04 Å². The molecule has 7 heteroatoms. The fourth-order valence-corrected chi connectivity index (χ4v) is 3.94. The van der Waals surface area contributed by atoms with Crippen molar-refractivity contribution >= 4 is 22.7 Å². The summed E-state index contributed by atoms with van der Waals surface area (Å²) < 4.78 is 1.47. The van der Waals surface area contributed by atoms with Crippen LogP contribution in [0.4, 0.5) is 0 Å². The smallest absolute Gasteiger partial charge is 0.262 e. The van der Waals surface area contributed by atoms with Crippen LogP contribution in [0.2, 0.25) is 0 Å². The Morgan fingerprint density at radius 1 is 1.30 bits per heavy atom. The Hall–Kier alpha value is -2.96. The fraction of sp³-hybridized carbons (Fsp3) is 0.478. The number of allylic oxidation sites excluding steroid dienone is 1. The van der Waals surface area contributed by atoms with Crippen molar-refractivity contribution in [2.75, 3.05) is 0 Å². The number of hydrogen-bond acceptors (Lipinski definition) is 4. The average molecular weight is 411 g/mol. The van der Waals surface area contributed by atoms with E-state index in [9.17, 15) is 14.4 Å². The molecular formula is C23H30N4O3. The monoisotopic (exact) mass is 410 g/mol. The molecular weight excluding hydrogens is 380 g/mol. The van der Waals surface area contributed by atoms with Gasteiger partial charge in [-0.1, -0.05) is 44.9 Å². The van der Waals surface area contributed by atoms with Crippen molar-refractivity contribution in [2.24, 2.45) is 0 Å². The van der Waals surface area contributed by atoms with E-state index in [0.29, 0.717) is 47.3 Å². The summed E-state index contributed by atoms with van der Waals surface area (Å²) in [5.74, 6) is 0.237. The average Bonchev–Trinajstić information content (AvgIpc) is 2.71. The maximum atomic E-state index is 13.4. The van der Waals surface area contributed by atoms with Gasteiger partial charge >= 0.3 is 0 Å². The van der Waals surface area contributed by atoms with Crippen molar-refractivity contribution < 1.29 is 9.59 Å². The van der Waals surface area contributed by atoms with E-state index in [0.717, 1.165) is 25.7 Å². The van der Waals surface area contributed by atoms with Crippen molar-refractivity contribution in [3.63, 3.8) is 0 Å². The molecule has 0 radical (unpaired) electrons. The lowest BCUT2D eigenvalue weighted by molar-refractivity contribution is -0.125. The van der Waals surface area contributed by atoms with Gasteiger partial charge < -0.3 is 10.6 Å². The first kappa shape index (κ1) is 21.7. The lowest BCUT2D eigenvalue weighted by atomic mass is 10.0. The first-order chi connectivity index (χ1) is 14.4. The molecule has 2 N–H and O–H groups in total. The number of carbonyl (C=O) groups excluding carboxylic acids is 2. The molecule has 160 valence electrons. The van der Waals surface area contributed by atoms with Crippen molar-refractivity contribution in [1.29, 1.82) is 0 Å². The molecule has 2 amide bonds. The van der Waals surface area contributed by atoms with Crippen LogP contribution in [0.1, 0.15) is 69.3 Å². The normalized spacial score (nSPS) is 16.5. The number of aromatic nitrogens is 2. The number of piperidine rings is 1. The molecule has 2 aromatic rings. The summed E-state index contributed by atoms with van der Waals surface area (Å²) in [5, 5.41) is 6.10. The first-order valence-electron chi connectivity index (χ1n) is 10.7. The third kappa shape index (κ3) is 4.78. The molecule has 7 nitrogen and oxygen atoms in total. The van der Waals surface area contributed by atoms with Crippen LogP contribution < -0.4 is 16.2 Å². The van der Waals surface area contributed by atoms with Crippen LogP contribution in [0.3, 0.4) is 0 Å². The summed E-state index contributed by atoms with van der Waals surface area (Å²) in [6.45, 7) is 7.93. The van der Waals surface area contributed by atoms with Crippen LogP contribution in [0.5, 0.6) is 0 Å². The number of unbranched alkanes of at least 4 members (excludes halogenated alkanes) is 3. The molecule has 30 heavy (non-hydrogen) atoms. The SMILES string of the molecule is C=C1CCC(n2c(C)nc3cccc(CNC(=O)CCCCCC)c3c2=O)C(=O)N1. The standard InChI is InChI=1S/C23H30N4O3/c1-4-5-6-7-11-20(28)24-14-17-9-8-10-18-21(17)23(30)27(16(3)26-18)19-13-12-15(2)25-22(19)29/h8-10,19H,2,4-7,11-14H2,1,3H3,(H,24,28)(H,25,29). The number of rotatable bonds is 8. The number of nitrogens with zero attached hydrogens (tertiary/aromatic N) is 2. The van der Waals surface area contributed by atoms with Gasteiger partial charge in [-0.15, -0.1) is 0 Å². The van der Waals surface area contributed by atoms with Gasteiger partial charge in [0.2, 0.25) is 11.8 Å². The van der Waals surface area contributed by atoms with E-state index in [-0.39, 0.29) is 23.9 Å². The van der Waals surface area contributed by atoms with E-state index in [2.05, 4.69) is 29.1 Å². The fourth-order valence-electron chi connectivity index (χ4n) is 3.94. The predicted octanol–water partition coefficient (Wildman–Crippen LogP) is 3.26. The highest BCUT2D eigenvalue weighted by Gasteiger charge is 2.28. The Balaban J connectivity index is 1.86. The number of fused-ring (bicyclic) bond motifs is 1. The predicted molar refractivity (Wildman–Crippen MR) is 117 cm³/mol. The zero-order valence-corrected chi connectivity index (χ0v) is 17.8. The molecule has 0 bridgehead atoms. The molecule has 1 saturated heterocycles. The topological polar surface area (TPSA) is 93.1 Å². The molecule has 0 saturated carbocycles. The molecule has 0 spiro atoms. The third-order valence-electron chi connectivity index (χ3n) is 5.56. The van der Waals surface area contributed by atoms with Gasteiger partial charge in [-0.25, -0.2) is 4.98 Å². The third-order valence-corrected chi connectivity index (χ3v) is 5.56. The minimum absolute atomic E-state index is 0.0197. The summed E-state index contributed by atoms with van der Waals surface area (Å²) in [6, 6.07) is 4.83. The van der Waals surface area contributed by atoms with E-state index in [4.69, 9.17) is 0 Å². The van der Waals surface area contributed by atoms with Crippen LogP contribution >= 0.6 is 0 Å². The second-order valence-corrected chi connectivity index (χ2v) is 7.88. The van der Waals surface area contributed by atoms with E-state index >= 15 is 0 Å². The summed E-state index contributed by atoms with van der Waals surface area (Å²) in [5.41, 5.74) is 1.70. The lowest BCUT2D eigenvalue weighted by Gasteiger charge is -2.26. The van der Waals surface area contributed by atoms with Crippen LogP contribution in [0.25, 0.3) is 10.9 Å². The van der Waals surface area contributed by atoms with Crippen LogP contribution in [-0.2, 0) is 16.1 Å². The van der Waals surface area contributed by atoms with Crippen molar-refractivity contribution in [1.82, 2.24) is 20.2 Å². The molecule has 1 unspecified atom stereocenters. The molecule has 1 aliphatic rings. The van der Waals surface area contributed by atoms with Crippen molar-refractivity contribution in [3.05, 3.63) is 52.2 Å². The van der Waals surface area contributed by atoms with Gasteiger partial charge in [0, 0.05) is 18.7 Å². The number of carbonyl (C=O) groups is 2. The van der Waals surface area contributed by atoms with Gasteiger partial charge in [0.25, 0.3) is 5.56 Å². The quantitative estimate of drug-likeness (QED) is 0.653. The molecule has 2 heterocycles. The first-order valence-corrected chi connectivity index (χ1v) is 10.7. The highest BCUT2D eigenvalue weighted by molar-refractivity contribution is 5.85. The van der Waals surface area contributed by atoms with Gasteiger partial charge in [-0.2, -0.15) is 0 Å². The maximum Gasteiger partial charge on any atom is 0.262 e. The Labute approximate surface area is 176 Å². The van der Waals surface area contributed by atoms with Crippen molar-refractivity contribution in [2.45, 2.75) is 71.4 Å². The Kier molecular flexibility index (Phi) is 7.03. The number of hydrogen-bond donors (Lipinski definition) is 2. The Morgan fingerprint density at radius 3 is 2.83 bits per heavy atom. The second kappa shape index (κ2) is 9.69. The summed E-state index contributed by atoms with van der Waals surface area (Å²) in [4.78, 5) is 42.6. The highest BCUT2D eigenvalue weighted by Crippen LogP contribution is 2.23. The zero-order valence-electron chi connectivity index (χ0n) is 17.8. The second-order valence-electron chi connectivity index (χ2n) is 7.88. The van der Waals surface area contributed by atoms with Gasteiger partial charge in [0.05, 0.1) is 10.9 Å². The van der Waals surface area contributed by atoms with Gasteiger partial charge in [-0.3, -0.25) is 19.0 Å². The Bertz CT molecular complexity index is 1030. The molecule has 1 aromatic heterocycles. The van der Waals surface area contributed by atoms with Gasteiger partial charge in [0.1, 0.15) is 11.9 Å². The molecule has 1 atom stereocenters. The molecule has 0 aliphatic carbocycles. The van der Waals surface area contributed by atoms with Gasteiger partial charge in [-0.05, 0) is 37.8 Å². The largest absolute Gasteiger partial charge is 0.352 e. The molecule has 1 fully saturated rings. The zero-order chi connectivity index (χ0) is 21.7. The molecule has 3 rings (SSSR count). The van der Waals surface area contributed by atoms with Crippen LogP contribution in [0.15, 0.2) is 35.3 Å². The van der Waals surface area contributed by atoms with Gasteiger partial charge in [0.15, 0.2) is 0 Å². The summed E-state index contributed by atoms with van der Waals surface area (Å²) >= 11 is 0. The number of nitrogens with one attached hydrogen (secondary N) is 2. The number of benzene rings is 1. The van der Waals surface area contributed by atoms with E-state index in [1.165, 1.54) is 4.57 Å². The van der Waals surface area contributed by atoms with Crippen molar-refractivity contribution in [3.8, 4) is 0 Å². The van der Waals surface area contributed by atoms with Crippen LogP contribution in [-0.4, -0.2) is 21.4 Å². The minimum Gasteiger partial charge on any atom is -0.352 e. The number of aryl methyl sites for hydroxylation is 1. The van der Waals surface area contributed by atoms with Crippen LogP contribution in [0, 0.1) is 6.92 Å². The highest BCUT2D eigenvalue weighted by atomic mass is 16.2.